The summed E-state index contributed by atoms with van der Waals surface area (Å²) in [7, 11) is 2.03. The predicted molar refractivity (Wildman–Crippen MR) is 98.3 cm³/mol. The Labute approximate surface area is 145 Å². The zero-order valence-electron chi connectivity index (χ0n) is 14.1. The smallest absolute Gasteiger partial charge is 0.228 e. The molecule has 2 aliphatic heterocycles. The van der Waals surface area contributed by atoms with E-state index in [0.717, 1.165) is 61.1 Å². The highest BCUT2D eigenvalue weighted by molar-refractivity contribution is 6.00. The summed E-state index contributed by atoms with van der Waals surface area (Å²) in [6, 6.07) is 8.46. The molecule has 0 bridgehead atoms. The number of hydrogen-bond acceptors (Lipinski definition) is 5. The van der Waals surface area contributed by atoms with Crippen molar-refractivity contribution in [2.75, 3.05) is 31.2 Å². The van der Waals surface area contributed by atoms with Crippen molar-refractivity contribution >= 4 is 23.2 Å². The molecule has 126 valence electrons. The molecular weight excluding hydrogens is 314 g/mol. The summed E-state index contributed by atoms with van der Waals surface area (Å²) < 4.78 is 7.53. The number of benzene rings is 1. The average Bonchev–Trinajstić information content (AvgIpc) is 3.28. The van der Waals surface area contributed by atoms with Gasteiger partial charge in [-0.05, 0) is 11.6 Å². The Balaban J connectivity index is 1.74. The second-order valence-corrected chi connectivity index (χ2v) is 6.48. The second kappa shape index (κ2) is 5.67. The van der Waals surface area contributed by atoms with E-state index >= 15 is 0 Å². The normalized spacial score (nSPS) is 16.6. The van der Waals surface area contributed by atoms with Crippen molar-refractivity contribution in [2.45, 2.75) is 6.54 Å². The van der Waals surface area contributed by atoms with Crippen LogP contribution in [0.25, 0.3) is 22.3 Å². The van der Waals surface area contributed by atoms with E-state index < -0.39 is 0 Å². The molecule has 2 aliphatic rings. The molecule has 0 radical (unpaired) electrons. The Bertz CT molecular complexity index is 985. The first-order valence-corrected chi connectivity index (χ1v) is 8.59. The topological polar surface area (TPSA) is 55.5 Å². The van der Waals surface area contributed by atoms with Crippen molar-refractivity contribution in [3.05, 3.63) is 41.6 Å². The lowest BCUT2D eigenvalue weighted by Gasteiger charge is -2.27. The van der Waals surface area contributed by atoms with Crippen molar-refractivity contribution in [2.24, 2.45) is 12.0 Å². The van der Waals surface area contributed by atoms with Gasteiger partial charge in [0, 0.05) is 49.1 Å². The quantitative estimate of drug-likeness (QED) is 0.723. The molecule has 0 spiro atoms. The number of hydrogen-bond donors (Lipinski definition) is 0. The molecule has 1 fully saturated rings. The molecule has 1 saturated heterocycles. The standard InChI is InChI=1S/C19H19N5O/c1-23-6-5-15-17(14-4-2-3-13-11-20-12-16(13)14)21-19(22-18(15)23)24-7-9-25-10-8-24/h2-6,12H,7-11H2,1H3. The zero-order valence-corrected chi connectivity index (χ0v) is 14.1. The van der Waals surface area contributed by atoms with Gasteiger partial charge in [0.15, 0.2) is 0 Å². The lowest BCUT2D eigenvalue weighted by molar-refractivity contribution is 0.122. The monoisotopic (exact) mass is 333 g/mol. The summed E-state index contributed by atoms with van der Waals surface area (Å²) in [5.74, 6) is 0.778. The number of aromatic nitrogens is 3. The van der Waals surface area contributed by atoms with E-state index in [1.807, 2.05) is 19.5 Å². The fraction of sp³-hybridized carbons (Fsp3) is 0.316. The summed E-state index contributed by atoms with van der Waals surface area (Å²) in [5, 5.41) is 1.08. The van der Waals surface area contributed by atoms with Gasteiger partial charge >= 0.3 is 0 Å². The summed E-state index contributed by atoms with van der Waals surface area (Å²) in [6.07, 6.45) is 4.01. The van der Waals surface area contributed by atoms with Crippen LogP contribution in [0.4, 0.5) is 5.95 Å². The molecule has 0 saturated carbocycles. The molecule has 4 heterocycles. The fourth-order valence-electron chi connectivity index (χ4n) is 3.58. The highest BCUT2D eigenvalue weighted by atomic mass is 16.5. The van der Waals surface area contributed by atoms with Gasteiger partial charge in [0.25, 0.3) is 0 Å². The molecule has 0 unspecified atom stereocenters. The van der Waals surface area contributed by atoms with Gasteiger partial charge in [-0.25, -0.2) is 4.98 Å². The van der Waals surface area contributed by atoms with Crippen LogP contribution < -0.4 is 4.90 Å². The van der Waals surface area contributed by atoms with Gasteiger partial charge in [0.1, 0.15) is 5.65 Å². The average molecular weight is 333 g/mol. The van der Waals surface area contributed by atoms with Crippen molar-refractivity contribution in [3.63, 3.8) is 0 Å². The Morgan fingerprint density at radius 1 is 1.08 bits per heavy atom. The van der Waals surface area contributed by atoms with Gasteiger partial charge in [-0.3, -0.25) is 4.99 Å². The van der Waals surface area contributed by atoms with Crippen LogP contribution in [0.5, 0.6) is 0 Å². The Hall–Kier alpha value is -2.73. The molecule has 6 heteroatoms. The number of morpholine rings is 1. The predicted octanol–water partition coefficient (Wildman–Crippen LogP) is 2.40. The Morgan fingerprint density at radius 2 is 1.96 bits per heavy atom. The summed E-state index contributed by atoms with van der Waals surface area (Å²) >= 11 is 0. The van der Waals surface area contributed by atoms with E-state index in [9.17, 15) is 0 Å². The first kappa shape index (κ1) is 14.6. The van der Waals surface area contributed by atoms with E-state index in [1.165, 1.54) is 11.1 Å². The SMILES string of the molecule is Cn1ccc2c(-c3cccc4c3C=NC4)nc(N3CCOCC3)nc21. The Morgan fingerprint density at radius 3 is 2.84 bits per heavy atom. The number of anilines is 1. The van der Waals surface area contributed by atoms with E-state index in [2.05, 4.69) is 38.7 Å². The van der Waals surface area contributed by atoms with E-state index in [0.29, 0.717) is 0 Å². The highest BCUT2D eigenvalue weighted by Crippen LogP contribution is 2.33. The van der Waals surface area contributed by atoms with Gasteiger partial charge in [-0.15, -0.1) is 0 Å². The first-order valence-electron chi connectivity index (χ1n) is 8.59. The maximum atomic E-state index is 5.47. The van der Waals surface area contributed by atoms with Crippen molar-refractivity contribution < 1.29 is 4.74 Å². The molecule has 6 nitrogen and oxygen atoms in total. The maximum absolute atomic E-state index is 5.47. The highest BCUT2D eigenvalue weighted by Gasteiger charge is 2.21. The summed E-state index contributed by atoms with van der Waals surface area (Å²) in [4.78, 5) is 16.4. The minimum absolute atomic E-state index is 0.720. The van der Waals surface area contributed by atoms with Gasteiger partial charge in [-0.1, -0.05) is 18.2 Å². The van der Waals surface area contributed by atoms with E-state index in [-0.39, 0.29) is 0 Å². The van der Waals surface area contributed by atoms with Crippen LogP contribution in [0.2, 0.25) is 0 Å². The van der Waals surface area contributed by atoms with Crippen LogP contribution in [0.15, 0.2) is 35.5 Å². The first-order chi connectivity index (χ1) is 12.3. The van der Waals surface area contributed by atoms with Crippen LogP contribution >= 0.6 is 0 Å². The molecular formula is C19H19N5O. The number of rotatable bonds is 2. The van der Waals surface area contributed by atoms with Crippen LogP contribution in [0, 0.1) is 0 Å². The molecule has 3 aromatic rings. The van der Waals surface area contributed by atoms with E-state index in [4.69, 9.17) is 14.7 Å². The second-order valence-electron chi connectivity index (χ2n) is 6.48. The molecule has 25 heavy (non-hydrogen) atoms. The molecule has 0 amide bonds. The molecule has 0 atom stereocenters. The molecule has 0 aliphatic carbocycles. The largest absolute Gasteiger partial charge is 0.378 e. The van der Waals surface area contributed by atoms with Gasteiger partial charge < -0.3 is 14.2 Å². The summed E-state index contributed by atoms with van der Waals surface area (Å²) in [5.41, 5.74) is 5.51. The third-order valence-corrected chi connectivity index (χ3v) is 4.94. The molecule has 2 aromatic heterocycles. The minimum Gasteiger partial charge on any atom is -0.378 e. The maximum Gasteiger partial charge on any atom is 0.228 e. The number of ether oxygens (including phenoxy) is 1. The minimum atomic E-state index is 0.720. The van der Waals surface area contributed by atoms with Crippen LogP contribution in [-0.4, -0.2) is 47.1 Å². The lowest BCUT2D eigenvalue weighted by Crippen LogP contribution is -2.37. The third-order valence-electron chi connectivity index (χ3n) is 4.94. The number of nitrogens with zero attached hydrogens (tertiary/aromatic N) is 5. The molecule has 0 N–H and O–H groups in total. The van der Waals surface area contributed by atoms with Crippen LogP contribution in [0.3, 0.4) is 0 Å². The number of fused-ring (bicyclic) bond motifs is 2. The van der Waals surface area contributed by atoms with Gasteiger partial charge in [-0.2, -0.15) is 4.98 Å². The van der Waals surface area contributed by atoms with Crippen molar-refractivity contribution in [3.8, 4) is 11.3 Å². The Kier molecular flexibility index (Phi) is 3.31. The van der Waals surface area contributed by atoms with Crippen molar-refractivity contribution in [1.29, 1.82) is 0 Å². The van der Waals surface area contributed by atoms with Crippen LogP contribution in [-0.2, 0) is 18.3 Å². The van der Waals surface area contributed by atoms with Gasteiger partial charge in [0.2, 0.25) is 5.95 Å². The zero-order chi connectivity index (χ0) is 16.8. The number of aliphatic imine (C=N–C) groups is 1. The fourth-order valence-corrected chi connectivity index (χ4v) is 3.58. The lowest BCUT2D eigenvalue weighted by atomic mass is 9.99. The third kappa shape index (κ3) is 2.33. The molecule has 1 aromatic carbocycles. The van der Waals surface area contributed by atoms with Crippen LogP contribution in [0.1, 0.15) is 11.1 Å². The van der Waals surface area contributed by atoms with Crippen molar-refractivity contribution in [1.82, 2.24) is 14.5 Å². The van der Waals surface area contributed by atoms with E-state index in [1.54, 1.807) is 0 Å². The van der Waals surface area contributed by atoms with Gasteiger partial charge in [0.05, 0.1) is 25.5 Å². The summed E-state index contributed by atoms with van der Waals surface area (Å²) in [6.45, 7) is 3.84. The molecule has 5 rings (SSSR count). The number of aryl methyl sites for hydroxylation is 1.